The summed E-state index contributed by atoms with van der Waals surface area (Å²) in [6.07, 6.45) is 4.59. The molecule has 2 unspecified atom stereocenters. The number of aromatic nitrogens is 2. The molecule has 0 aliphatic rings. The molecule has 3 aromatic carbocycles. The molecular weight excluding hydrogens is 490 g/mol. The van der Waals surface area contributed by atoms with Crippen molar-refractivity contribution in [1.82, 2.24) is 10.2 Å². The summed E-state index contributed by atoms with van der Waals surface area (Å²) < 4.78 is 6.40. The second-order valence-corrected chi connectivity index (χ2v) is 10.1. The summed E-state index contributed by atoms with van der Waals surface area (Å²) in [5, 5.41) is 20.9. The first-order valence-corrected chi connectivity index (χ1v) is 13.2. The van der Waals surface area contributed by atoms with E-state index in [0.29, 0.717) is 23.8 Å². The van der Waals surface area contributed by atoms with Gasteiger partial charge in [-0.2, -0.15) is 5.10 Å². The highest BCUT2D eigenvalue weighted by atomic mass is 16.6. The van der Waals surface area contributed by atoms with Crippen LogP contribution in [0.1, 0.15) is 54.7 Å². The molecule has 0 bridgehead atoms. The van der Waals surface area contributed by atoms with Crippen molar-refractivity contribution in [2.24, 2.45) is 17.0 Å². The first-order chi connectivity index (χ1) is 18.9. The average Bonchev–Trinajstić information content (AvgIpc) is 3.46. The molecule has 7 nitrogen and oxygen atoms in total. The van der Waals surface area contributed by atoms with Crippen molar-refractivity contribution in [2.75, 3.05) is 0 Å². The van der Waals surface area contributed by atoms with Crippen LogP contribution in [0.5, 0.6) is 5.75 Å². The second kappa shape index (κ2) is 13.4. The van der Waals surface area contributed by atoms with Crippen LogP contribution in [0.3, 0.4) is 0 Å². The number of hydrogen-bond donors (Lipinski definition) is 2. The van der Waals surface area contributed by atoms with Crippen molar-refractivity contribution in [1.29, 1.82) is 0 Å². The molecule has 202 valence electrons. The summed E-state index contributed by atoms with van der Waals surface area (Å²) in [4.78, 5) is 17.4. The van der Waals surface area contributed by atoms with Gasteiger partial charge in [0.05, 0.1) is 11.9 Å². The molecule has 7 heteroatoms. The lowest BCUT2D eigenvalue weighted by atomic mass is 9.95. The lowest BCUT2D eigenvalue weighted by Crippen LogP contribution is -2.24. The lowest BCUT2D eigenvalue weighted by molar-refractivity contribution is -0.139. The van der Waals surface area contributed by atoms with E-state index >= 15 is 0 Å². The molecule has 0 radical (unpaired) electrons. The second-order valence-electron chi connectivity index (χ2n) is 10.1. The number of aromatic amines is 1. The summed E-state index contributed by atoms with van der Waals surface area (Å²) in [5.74, 6) is -0.469. The van der Waals surface area contributed by atoms with Crippen LogP contribution in [-0.4, -0.2) is 27.0 Å². The van der Waals surface area contributed by atoms with Crippen LogP contribution in [0.2, 0.25) is 0 Å². The zero-order valence-corrected chi connectivity index (χ0v) is 22.6. The third kappa shape index (κ3) is 8.04. The quantitative estimate of drug-likeness (QED) is 0.151. The van der Waals surface area contributed by atoms with Gasteiger partial charge in [-0.15, -0.1) is 0 Å². The minimum Gasteiger partial charge on any atom is -0.481 e. The third-order valence-corrected chi connectivity index (χ3v) is 6.45. The van der Waals surface area contributed by atoms with E-state index in [1.165, 1.54) is 5.56 Å². The zero-order valence-electron chi connectivity index (χ0n) is 22.6. The number of nitrogens with zero attached hydrogens (tertiary/aromatic N) is 2. The molecule has 4 rings (SSSR count). The van der Waals surface area contributed by atoms with Crippen LogP contribution in [0.15, 0.2) is 96.4 Å². The normalized spacial score (nSPS) is 13.2. The van der Waals surface area contributed by atoms with E-state index in [1.807, 2.05) is 60.8 Å². The SMILES string of the molecule is CC(=NOCc1ccccc1)C(Cc1ccc(OC(c2ccc(CC(C)C)cc2)c2cn[nH]c2)cc1)C(=O)O. The number of aliphatic carboxylic acids is 1. The van der Waals surface area contributed by atoms with Crippen LogP contribution in [0.25, 0.3) is 0 Å². The Labute approximate surface area is 229 Å². The van der Waals surface area contributed by atoms with Gasteiger partial charge in [0.15, 0.2) is 6.10 Å². The standard InChI is InChI=1S/C32H35N3O4/c1-22(2)17-24-9-13-27(14-10-24)31(28-19-33-34-20-28)39-29-15-11-25(12-16-29)18-30(32(36)37)23(3)35-38-21-26-7-5-4-6-8-26/h4-16,19-20,22,30-31H,17-18,21H2,1-3H3,(H,33,34)(H,36,37). The third-order valence-electron chi connectivity index (χ3n) is 6.45. The van der Waals surface area contributed by atoms with Gasteiger partial charge in [0, 0.05) is 11.8 Å². The number of benzene rings is 3. The van der Waals surface area contributed by atoms with Crippen molar-refractivity contribution in [2.45, 2.75) is 46.3 Å². The molecule has 1 heterocycles. The van der Waals surface area contributed by atoms with Gasteiger partial charge < -0.3 is 14.7 Å². The van der Waals surface area contributed by atoms with Crippen molar-refractivity contribution in [3.05, 3.63) is 119 Å². The Morgan fingerprint density at radius 3 is 2.18 bits per heavy atom. The maximum atomic E-state index is 12.0. The summed E-state index contributed by atoms with van der Waals surface area (Å²) in [6.45, 7) is 6.39. The van der Waals surface area contributed by atoms with Crippen LogP contribution in [-0.2, 0) is 29.1 Å². The predicted octanol–water partition coefficient (Wildman–Crippen LogP) is 6.61. The number of carbonyl (C=O) groups is 1. The molecule has 0 amide bonds. The molecule has 2 atom stereocenters. The van der Waals surface area contributed by atoms with Crippen LogP contribution in [0, 0.1) is 11.8 Å². The maximum Gasteiger partial charge on any atom is 0.312 e. The molecule has 39 heavy (non-hydrogen) atoms. The number of carboxylic acid groups (broad SMARTS) is 1. The molecule has 0 fully saturated rings. The van der Waals surface area contributed by atoms with Gasteiger partial charge in [0.2, 0.25) is 0 Å². The minimum absolute atomic E-state index is 0.287. The molecule has 0 saturated heterocycles. The Morgan fingerprint density at radius 2 is 1.56 bits per heavy atom. The van der Waals surface area contributed by atoms with Gasteiger partial charge in [-0.3, -0.25) is 9.89 Å². The number of hydrogen-bond acceptors (Lipinski definition) is 5. The van der Waals surface area contributed by atoms with Gasteiger partial charge in [0.1, 0.15) is 18.3 Å². The Hall–Kier alpha value is -4.39. The van der Waals surface area contributed by atoms with E-state index < -0.39 is 11.9 Å². The predicted molar refractivity (Wildman–Crippen MR) is 152 cm³/mol. The summed E-state index contributed by atoms with van der Waals surface area (Å²) in [5.41, 5.74) is 5.49. The molecule has 1 aromatic heterocycles. The van der Waals surface area contributed by atoms with Gasteiger partial charge in [0.25, 0.3) is 0 Å². The smallest absolute Gasteiger partial charge is 0.312 e. The van der Waals surface area contributed by atoms with E-state index in [4.69, 9.17) is 9.57 Å². The minimum atomic E-state index is -0.944. The molecule has 4 aromatic rings. The number of H-pyrrole nitrogens is 1. The van der Waals surface area contributed by atoms with Crippen molar-refractivity contribution in [3.8, 4) is 5.75 Å². The van der Waals surface area contributed by atoms with E-state index in [2.05, 4.69) is 53.5 Å². The molecular formula is C32H35N3O4. The van der Waals surface area contributed by atoms with Crippen LogP contribution >= 0.6 is 0 Å². The topological polar surface area (TPSA) is 96.8 Å². The monoisotopic (exact) mass is 525 g/mol. The van der Waals surface area contributed by atoms with Gasteiger partial charge in [-0.05, 0) is 60.1 Å². The molecule has 0 aliphatic carbocycles. The number of oxime groups is 1. The maximum absolute atomic E-state index is 12.0. The zero-order chi connectivity index (χ0) is 27.6. The molecule has 0 spiro atoms. The van der Waals surface area contributed by atoms with Gasteiger partial charge in [-0.1, -0.05) is 85.7 Å². The molecule has 0 saturated carbocycles. The highest BCUT2D eigenvalue weighted by molar-refractivity contribution is 6.00. The highest BCUT2D eigenvalue weighted by Gasteiger charge is 2.23. The largest absolute Gasteiger partial charge is 0.481 e. The number of carboxylic acids is 1. The Balaban J connectivity index is 1.43. The fourth-order valence-corrected chi connectivity index (χ4v) is 4.37. The Kier molecular flexibility index (Phi) is 9.51. The lowest BCUT2D eigenvalue weighted by Gasteiger charge is -2.19. The van der Waals surface area contributed by atoms with Gasteiger partial charge >= 0.3 is 5.97 Å². The number of rotatable bonds is 13. The summed E-state index contributed by atoms with van der Waals surface area (Å²) >= 11 is 0. The van der Waals surface area contributed by atoms with Crippen molar-refractivity contribution in [3.63, 3.8) is 0 Å². The van der Waals surface area contributed by atoms with E-state index in [9.17, 15) is 9.90 Å². The van der Waals surface area contributed by atoms with Crippen molar-refractivity contribution >= 4 is 11.7 Å². The summed E-state index contributed by atoms with van der Waals surface area (Å²) in [6, 6.07) is 25.6. The summed E-state index contributed by atoms with van der Waals surface area (Å²) in [7, 11) is 0. The molecule has 2 N–H and O–H groups in total. The molecule has 0 aliphatic heterocycles. The number of nitrogens with one attached hydrogen (secondary N) is 1. The Bertz CT molecular complexity index is 1330. The van der Waals surface area contributed by atoms with Crippen LogP contribution < -0.4 is 4.74 Å². The Morgan fingerprint density at radius 1 is 0.897 bits per heavy atom. The number of ether oxygens (including phenoxy) is 1. The fourth-order valence-electron chi connectivity index (χ4n) is 4.37. The van der Waals surface area contributed by atoms with E-state index in [1.54, 1.807) is 13.1 Å². The van der Waals surface area contributed by atoms with Crippen molar-refractivity contribution < 1.29 is 19.5 Å². The average molecular weight is 526 g/mol. The first-order valence-electron chi connectivity index (χ1n) is 13.2. The highest BCUT2D eigenvalue weighted by Crippen LogP contribution is 2.29. The first kappa shape index (κ1) is 27.6. The van der Waals surface area contributed by atoms with E-state index in [-0.39, 0.29) is 12.7 Å². The van der Waals surface area contributed by atoms with Crippen LogP contribution in [0.4, 0.5) is 0 Å². The van der Waals surface area contributed by atoms with E-state index in [0.717, 1.165) is 28.7 Å². The van der Waals surface area contributed by atoms with Gasteiger partial charge in [-0.25, -0.2) is 0 Å². The fraction of sp³-hybridized carbons (Fsp3) is 0.281.